The van der Waals surface area contributed by atoms with Gasteiger partial charge in [0.15, 0.2) is 4.91 Å². The van der Waals surface area contributed by atoms with Crippen LogP contribution < -0.4 is 9.62 Å². The fourth-order valence-electron chi connectivity index (χ4n) is 3.17. The highest BCUT2D eigenvalue weighted by atomic mass is 32.2. The predicted octanol–water partition coefficient (Wildman–Crippen LogP) is 4.22. The number of nitrogens with one attached hydrogen (secondary N) is 1. The number of hydrogen-bond donors (Lipinski definition) is 1. The van der Waals surface area contributed by atoms with Crippen molar-refractivity contribution in [1.82, 2.24) is 5.32 Å². The van der Waals surface area contributed by atoms with Gasteiger partial charge in [-0.05, 0) is 29.5 Å². The predicted molar refractivity (Wildman–Crippen MR) is 116 cm³/mol. The van der Waals surface area contributed by atoms with E-state index in [0.29, 0.717) is 17.1 Å². The van der Waals surface area contributed by atoms with Crippen molar-refractivity contribution in [3.8, 4) is 0 Å². The van der Waals surface area contributed by atoms with Gasteiger partial charge in [0.05, 0.1) is 12.2 Å². The maximum atomic E-state index is 13.3. The number of carbonyl (C=O) groups excluding carboxylic acids is 1. The topological polar surface area (TPSA) is 66.5 Å². The van der Waals surface area contributed by atoms with Gasteiger partial charge >= 0.3 is 0 Å². The molecule has 7 heteroatoms. The largest absolute Gasteiger partial charge is 0.386 e. The number of thiophene rings is 1. The third kappa shape index (κ3) is 3.83. The third-order valence-electron chi connectivity index (χ3n) is 4.74. The van der Waals surface area contributed by atoms with E-state index in [0.717, 1.165) is 16.7 Å². The Bertz CT molecular complexity index is 1160. The van der Waals surface area contributed by atoms with Crippen molar-refractivity contribution in [2.45, 2.75) is 20.0 Å². The first-order valence-corrected chi connectivity index (χ1v) is 11.5. The van der Waals surface area contributed by atoms with Crippen molar-refractivity contribution in [2.24, 2.45) is 0 Å². The first-order chi connectivity index (χ1) is 14.0. The summed E-state index contributed by atoms with van der Waals surface area (Å²) in [4.78, 5) is 13.1. The molecule has 2 heterocycles. The molecule has 5 nitrogen and oxygen atoms in total. The molecule has 0 bridgehead atoms. The minimum Gasteiger partial charge on any atom is -0.386 e. The molecule has 0 amide bonds. The van der Waals surface area contributed by atoms with Crippen molar-refractivity contribution in [3.05, 3.63) is 98.7 Å². The summed E-state index contributed by atoms with van der Waals surface area (Å²) in [5.41, 5.74) is 3.46. The second-order valence-electron chi connectivity index (χ2n) is 6.84. The summed E-state index contributed by atoms with van der Waals surface area (Å²) in [6, 6.07) is 19.0. The smallest absolute Gasteiger partial charge is 0.270 e. The SMILES string of the molecule is Cc1ccc(CN/C=C2/C(=O)c3sccc3N(Cc3ccccc3)S2(=O)=O)cc1. The molecule has 1 aliphatic heterocycles. The number of aryl methyl sites for hydroxylation is 1. The van der Waals surface area contributed by atoms with Gasteiger partial charge in [0.2, 0.25) is 5.78 Å². The van der Waals surface area contributed by atoms with Gasteiger partial charge in [-0.25, -0.2) is 8.42 Å². The lowest BCUT2D eigenvalue weighted by Gasteiger charge is -2.29. The Balaban J connectivity index is 1.65. The molecule has 0 saturated heterocycles. The van der Waals surface area contributed by atoms with E-state index < -0.39 is 15.8 Å². The first-order valence-electron chi connectivity index (χ1n) is 9.15. The Morgan fingerprint density at radius 2 is 1.72 bits per heavy atom. The van der Waals surface area contributed by atoms with Crippen LogP contribution in [-0.2, 0) is 23.1 Å². The van der Waals surface area contributed by atoms with Crippen LogP contribution >= 0.6 is 11.3 Å². The molecule has 1 aliphatic rings. The Morgan fingerprint density at radius 3 is 2.45 bits per heavy atom. The molecule has 0 saturated carbocycles. The molecule has 2 aromatic carbocycles. The standard InChI is InChI=1S/C22H20N2O3S2/c1-16-7-9-17(10-8-16)13-23-14-20-21(25)22-19(11-12-28-22)24(29(20,26)27)15-18-5-3-2-4-6-18/h2-12,14,23H,13,15H2,1H3/b20-14-. The summed E-state index contributed by atoms with van der Waals surface area (Å²) in [6.45, 7) is 2.62. The number of benzene rings is 2. The summed E-state index contributed by atoms with van der Waals surface area (Å²) in [5.74, 6) is -0.462. The number of rotatable bonds is 5. The van der Waals surface area contributed by atoms with Gasteiger partial charge in [0, 0.05) is 12.7 Å². The number of Topliss-reactive ketones (excluding diaryl/α,β-unsaturated/α-hetero) is 1. The molecule has 0 unspecified atom stereocenters. The zero-order valence-corrected chi connectivity index (χ0v) is 17.5. The van der Waals surface area contributed by atoms with Gasteiger partial charge in [0.1, 0.15) is 4.88 Å². The number of nitrogens with zero attached hydrogens (tertiary/aromatic N) is 1. The van der Waals surface area contributed by atoms with E-state index in [1.807, 2.05) is 61.5 Å². The Kier molecular flexibility index (Phi) is 5.25. The summed E-state index contributed by atoms with van der Waals surface area (Å²) < 4.78 is 27.9. The maximum absolute atomic E-state index is 13.3. The van der Waals surface area contributed by atoms with Crippen LogP contribution in [0.25, 0.3) is 0 Å². The highest BCUT2D eigenvalue weighted by Crippen LogP contribution is 2.39. The van der Waals surface area contributed by atoms with Crippen LogP contribution in [0.15, 0.2) is 77.1 Å². The number of ketones is 1. The van der Waals surface area contributed by atoms with E-state index in [2.05, 4.69) is 5.32 Å². The van der Waals surface area contributed by atoms with Gasteiger partial charge in [0.25, 0.3) is 10.0 Å². The van der Waals surface area contributed by atoms with Crippen LogP contribution in [0.2, 0.25) is 0 Å². The van der Waals surface area contributed by atoms with Crippen LogP contribution in [0, 0.1) is 6.92 Å². The molecular formula is C22H20N2O3S2. The van der Waals surface area contributed by atoms with E-state index in [-0.39, 0.29) is 11.4 Å². The lowest BCUT2D eigenvalue weighted by Crippen LogP contribution is -2.38. The fraction of sp³-hybridized carbons (Fsp3) is 0.136. The molecule has 0 spiro atoms. The lowest BCUT2D eigenvalue weighted by atomic mass is 10.1. The minimum absolute atomic E-state index is 0.176. The van der Waals surface area contributed by atoms with Gasteiger partial charge in [-0.15, -0.1) is 11.3 Å². The van der Waals surface area contributed by atoms with Crippen molar-refractivity contribution in [2.75, 3.05) is 4.31 Å². The van der Waals surface area contributed by atoms with E-state index in [4.69, 9.17) is 0 Å². The number of carbonyl (C=O) groups is 1. The summed E-state index contributed by atoms with van der Waals surface area (Å²) in [5, 5.41) is 4.75. The van der Waals surface area contributed by atoms with Gasteiger partial charge in [-0.2, -0.15) is 0 Å². The van der Waals surface area contributed by atoms with Gasteiger partial charge in [-0.3, -0.25) is 9.10 Å². The number of anilines is 1. The minimum atomic E-state index is -3.97. The number of hydrogen-bond acceptors (Lipinski definition) is 5. The molecular weight excluding hydrogens is 404 g/mol. The summed E-state index contributed by atoms with van der Waals surface area (Å²) in [6.07, 6.45) is 1.33. The number of fused-ring (bicyclic) bond motifs is 1. The normalized spacial score (nSPS) is 16.7. The van der Waals surface area contributed by atoms with Crippen molar-refractivity contribution in [3.63, 3.8) is 0 Å². The maximum Gasteiger partial charge on any atom is 0.270 e. The second kappa shape index (κ2) is 7.85. The van der Waals surface area contributed by atoms with Crippen LogP contribution in [0.4, 0.5) is 5.69 Å². The quantitative estimate of drug-likeness (QED) is 0.623. The molecule has 0 fully saturated rings. The molecule has 0 radical (unpaired) electrons. The summed E-state index contributed by atoms with van der Waals surface area (Å²) >= 11 is 1.26. The molecule has 0 atom stereocenters. The molecule has 1 N–H and O–H groups in total. The van der Waals surface area contributed by atoms with Crippen LogP contribution in [0.3, 0.4) is 0 Å². The molecule has 4 rings (SSSR count). The first kappa shape index (κ1) is 19.4. The van der Waals surface area contributed by atoms with Crippen LogP contribution in [0.5, 0.6) is 0 Å². The zero-order valence-electron chi connectivity index (χ0n) is 15.8. The number of sulfonamides is 1. The van der Waals surface area contributed by atoms with Gasteiger partial charge < -0.3 is 5.32 Å². The average Bonchev–Trinajstić information content (AvgIpc) is 3.20. The van der Waals surface area contributed by atoms with E-state index in [1.54, 1.807) is 11.4 Å². The second-order valence-corrected chi connectivity index (χ2v) is 9.58. The zero-order chi connectivity index (χ0) is 20.4. The molecule has 0 aliphatic carbocycles. The summed E-state index contributed by atoms with van der Waals surface area (Å²) in [7, 11) is -3.97. The Morgan fingerprint density at radius 1 is 1.00 bits per heavy atom. The van der Waals surface area contributed by atoms with Crippen LogP contribution in [-0.4, -0.2) is 14.2 Å². The molecule has 1 aromatic heterocycles. The Hall–Kier alpha value is -2.90. The average molecular weight is 425 g/mol. The highest BCUT2D eigenvalue weighted by molar-refractivity contribution is 7.97. The highest BCUT2D eigenvalue weighted by Gasteiger charge is 2.41. The van der Waals surface area contributed by atoms with E-state index in [1.165, 1.54) is 21.8 Å². The molecule has 3 aromatic rings. The number of allylic oxidation sites excluding steroid dienone is 1. The monoisotopic (exact) mass is 424 g/mol. The Labute approximate surface area is 174 Å². The molecule has 29 heavy (non-hydrogen) atoms. The van der Waals surface area contributed by atoms with Crippen molar-refractivity contribution in [1.29, 1.82) is 0 Å². The van der Waals surface area contributed by atoms with Crippen molar-refractivity contribution < 1.29 is 13.2 Å². The van der Waals surface area contributed by atoms with E-state index in [9.17, 15) is 13.2 Å². The van der Waals surface area contributed by atoms with Gasteiger partial charge in [-0.1, -0.05) is 60.2 Å². The lowest BCUT2D eigenvalue weighted by molar-refractivity contribution is 0.104. The van der Waals surface area contributed by atoms with Crippen LogP contribution in [0.1, 0.15) is 26.4 Å². The van der Waals surface area contributed by atoms with E-state index >= 15 is 0 Å². The van der Waals surface area contributed by atoms with Crippen molar-refractivity contribution >= 4 is 32.8 Å². The molecule has 148 valence electrons. The fourth-order valence-corrected chi connectivity index (χ4v) is 5.68. The third-order valence-corrected chi connectivity index (χ3v) is 7.41.